The van der Waals surface area contributed by atoms with Crippen molar-refractivity contribution in [3.63, 3.8) is 0 Å². The van der Waals surface area contributed by atoms with Gasteiger partial charge in [-0.15, -0.1) is 0 Å². The molecule has 0 saturated carbocycles. The summed E-state index contributed by atoms with van der Waals surface area (Å²) in [5, 5.41) is 2.68. The molecule has 0 fully saturated rings. The van der Waals surface area contributed by atoms with Crippen LogP contribution in [0.1, 0.15) is 17.5 Å². The summed E-state index contributed by atoms with van der Waals surface area (Å²) in [5.41, 5.74) is 0.0662. The molecule has 2 N–H and O–H groups in total. The van der Waals surface area contributed by atoms with Crippen LogP contribution in [0.15, 0.2) is 71.6 Å². The van der Waals surface area contributed by atoms with Crippen molar-refractivity contribution in [2.24, 2.45) is 0 Å². The first-order valence-corrected chi connectivity index (χ1v) is 11.8. The van der Waals surface area contributed by atoms with Crippen LogP contribution >= 0.6 is 0 Å². The van der Waals surface area contributed by atoms with Crippen LogP contribution in [-0.2, 0) is 27.4 Å². The zero-order chi connectivity index (χ0) is 25.6. The Balaban J connectivity index is 1.61. The Hall–Kier alpha value is -3.73. The molecule has 186 valence electrons. The highest BCUT2D eigenvalue weighted by Gasteiger charge is 2.30. The molecule has 11 heteroatoms. The van der Waals surface area contributed by atoms with Gasteiger partial charge in [0.2, 0.25) is 5.91 Å². The van der Waals surface area contributed by atoms with Gasteiger partial charge in [0.25, 0.3) is 10.0 Å². The maximum absolute atomic E-state index is 12.9. The molecule has 0 aliphatic rings. The summed E-state index contributed by atoms with van der Waals surface area (Å²) in [7, 11) is -1.08. The lowest BCUT2D eigenvalue weighted by molar-refractivity contribution is -0.137. The van der Waals surface area contributed by atoms with Crippen molar-refractivity contribution in [1.29, 1.82) is 0 Å². The molecule has 0 heterocycles. The number of methoxy groups -OCH3 is 2. The molecular formula is C24H23F3N2O5S. The Bertz CT molecular complexity index is 1290. The number of hydrogen-bond donors (Lipinski definition) is 2. The number of anilines is 2. The molecule has 3 aromatic carbocycles. The van der Waals surface area contributed by atoms with E-state index in [1.54, 1.807) is 12.1 Å². The molecule has 0 aliphatic heterocycles. The van der Waals surface area contributed by atoms with Gasteiger partial charge in [-0.3, -0.25) is 9.52 Å². The van der Waals surface area contributed by atoms with Crippen LogP contribution < -0.4 is 19.5 Å². The van der Waals surface area contributed by atoms with Crippen molar-refractivity contribution in [1.82, 2.24) is 0 Å². The van der Waals surface area contributed by atoms with Gasteiger partial charge in [0.15, 0.2) is 11.5 Å². The number of alkyl halides is 3. The van der Waals surface area contributed by atoms with Gasteiger partial charge in [-0.25, -0.2) is 8.42 Å². The number of aryl methyl sites for hydroxylation is 1. The fourth-order valence-electron chi connectivity index (χ4n) is 3.21. The van der Waals surface area contributed by atoms with E-state index in [4.69, 9.17) is 9.47 Å². The Labute approximate surface area is 200 Å². The third-order valence-electron chi connectivity index (χ3n) is 4.98. The Morgan fingerprint density at radius 3 is 2.20 bits per heavy atom. The van der Waals surface area contributed by atoms with Crippen LogP contribution in [0.25, 0.3) is 0 Å². The van der Waals surface area contributed by atoms with Crippen molar-refractivity contribution in [2.75, 3.05) is 24.3 Å². The third kappa shape index (κ3) is 6.89. The molecule has 0 radical (unpaired) electrons. The van der Waals surface area contributed by atoms with E-state index < -0.39 is 21.8 Å². The fraction of sp³-hybridized carbons (Fsp3) is 0.208. The van der Waals surface area contributed by atoms with Gasteiger partial charge in [0.05, 0.1) is 24.7 Å². The molecule has 0 unspecified atom stereocenters. The number of hydrogen-bond acceptors (Lipinski definition) is 5. The van der Waals surface area contributed by atoms with E-state index in [0.717, 1.165) is 17.7 Å². The molecule has 0 bridgehead atoms. The molecule has 3 aromatic rings. The summed E-state index contributed by atoms with van der Waals surface area (Å²) in [4.78, 5) is 12.1. The quantitative estimate of drug-likeness (QED) is 0.420. The number of carbonyl (C=O) groups is 1. The summed E-state index contributed by atoms with van der Waals surface area (Å²) < 4.78 is 76.3. The zero-order valence-electron chi connectivity index (χ0n) is 18.8. The first-order chi connectivity index (χ1) is 16.5. The summed E-state index contributed by atoms with van der Waals surface area (Å²) in [5.74, 6) is 0.858. The predicted octanol–water partition coefficient (Wildman–Crippen LogP) is 5.09. The minimum Gasteiger partial charge on any atom is -0.493 e. The summed E-state index contributed by atoms with van der Waals surface area (Å²) >= 11 is 0. The molecule has 0 aliphatic carbocycles. The minimum absolute atomic E-state index is 0.168. The van der Waals surface area contributed by atoms with Crippen LogP contribution in [0.2, 0.25) is 0 Å². The van der Waals surface area contributed by atoms with E-state index in [1.165, 1.54) is 44.6 Å². The molecule has 0 spiro atoms. The van der Waals surface area contributed by atoms with Gasteiger partial charge >= 0.3 is 6.18 Å². The summed E-state index contributed by atoms with van der Waals surface area (Å²) in [6, 6.07) is 14.5. The lowest BCUT2D eigenvalue weighted by Crippen LogP contribution is -2.15. The van der Waals surface area contributed by atoms with Gasteiger partial charge in [-0.05, 0) is 66.6 Å². The molecule has 0 saturated heterocycles. The molecular weight excluding hydrogens is 485 g/mol. The second-order valence-corrected chi connectivity index (χ2v) is 9.13. The summed E-state index contributed by atoms with van der Waals surface area (Å²) in [6.45, 7) is 0. The number of halogens is 3. The van der Waals surface area contributed by atoms with Crippen molar-refractivity contribution in [2.45, 2.75) is 23.9 Å². The van der Waals surface area contributed by atoms with Gasteiger partial charge in [0, 0.05) is 17.8 Å². The van der Waals surface area contributed by atoms with Gasteiger partial charge < -0.3 is 14.8 Å². The number of rotatable bonds is 9. The third-order valence-corrected chi connectivity index (χ3v) is 6.38. The Morgan fingerprint density at radius 2 is 1.57 bits per heavy atom. The van der Waals surface area contributed by atoms with E-state index in [2.05, 4.69) is 10.0 Å². The molecule has 1 amide bonds. The average Bonchev–Trinajstić information content (AvgIpc) is 2.82. The van der Waals surface area contributed by atoms with Crippen LogP contribution in [0, 0.1) is 0 Å². The number of amides is 1. The molecule has 0 atom stereocenters. The zero-order valence-corrected chi connectivity index (χ0v) is 19.7. The Kier molecular flexibility index (Phi) is 7.90. The van der Waals surface area contributed by atoms with Crippen LogP contribution in [0.3, 0.4) is 0 Å². The van der Waals surface area contributed by atoms with E-state index in [1.807, 2.05) is 6.07 Å². The average molecular weight is 509 g/mol. The fourth-order valence-corrected chi connectivity index (χ4v) is 4.26. The van der Waals surface area contributed by atoms with Crippen molar-refractivity contribution >= 4 is 27.3 Å². The maximum Gasteiger partial charge on any atom is 0.416 e. The molecule has 3 rings (SSSR count). The van der Waals surface area contributed by atoms with E-state index in [9.17, 15) is 26.4 Å². The predicted molar refractivity (Wildman–Crippen MR) is 125 cm³/mol. The van der Waals surface area contributed by atoms with Crippen molar-refractivity contribution in [3.8, 4) is 11.5 Å². The van der Waals surface area contributed by atoms with Gasteiger partial charge in [-0.2, -0.15) is 13.2 Å². The molecule has 35 heavy (non-hydrogen) atoms. The molecule has 0 aromatic heterocycles. The highest BCUT2D eigenvalue weighted by Crippen LogP contribution is 2.31. The first-order valence-electron chi connectivity index (χ1n) is 10.3. The number of sulfonamides is 1. The van der Waals surface area contributed by atoms with E-state index in [-0.39, 0.29) is 22.9 Å². The normalized spacial score (nSPS) is 11.6. The van der Waals surface area contributed by atoms with Gasteiger partial charge in [-0.1, -0.05) is 12.1 Å². The standard InChI is InChI=1S/C24H23F3N2O5S/c1-33-21-12-6-16(14-22(21)34-2)7-13-23(30)28-18-8-10-20(11-9-18)35(31,32)29-19-5-3-4-17(15-19)24(25,26)27/h3-6,8-12,14-15,29H,7,13H2,1-2H3,(H,28,30). The number of nitrogens with one attached hydrogen (secondary N) is 2. The SMILES string of the molecule is COc1ccc(CCC(=O)Nc2ccc(S(=O)(=O)Nc3cccc(C(F)(F)F)c3)cc2)cc1OC. The monoisotopic (exact) mass is 508 g/mol. The largest absolute Gasteiger partial charge is 0.493 e. The van der Waals surface area contributed by atoms with Crippen LogP contribution in [0.5, 0.6) is 11.5 Å². The number of benzene rings is 3. The highest BCUT2D eigenvalue weighted by atomic mass is 32.2. The number of ether oxygens (including phenoxy) is 2. The van der Waals surface area contributed by atoms with E-state index >= 15 is 0 Å². The second-order valence-electron chi connectivity index (χ2n) is 7.45. The van der Waals surface area contributed by atoms with Crippen LogP contribution in [0.4, 0.5) is 24.5 Å². The smallest absolute Gasteiger partial charge is 0.416 e. The molecule has 7 nitrogen and oxygen atoms in total. The highest BCUT2D eigenvalue weighted by molar-refractivity contribution is 7.92. The minimum atomic E-state index is -4.60. The topological polar surface area (TPSA) is 93.7 Å². The lowest BCUT2D eigenvalue weighted by Gasteiger charge is -2.12. The van der Waals surface area contributed by atoms with Gasteiger partial charge in [0.1, 0.15) is 0 Å². The Morgan fingerprint density at radius 1 is 0.886 bits per heavy atom. The first kappa shape index (κ1) is 25.9. The van der Waals surface area contributed by atoms with Crippen molar-refractivity contribution in [3.05, 3.63) is 77.9 Å². The van der Waals surface area contributed by atoms with Crippen molar-refractivity contribution < 1.29 is 35.9 Å². The summed E-state index contributed by atoms with van der Waals surface area (Å²) in [6.07, 6.45) is -3.98. The lowest BCUT2D eigenvalue weighted by atomic mass is 10.1. The number of carbonyl (C=O) groups excluding carboxylic acids is 1. The maximum atomic E-state index is 12.9. The second kappa shape index (κ2) is 10.7. The van der Waals surface area contributed by atoms with Crippen LogP contribution in [-0.4, -0.2) is 28.5 Å². The van der Waals surface area contributed by atoms with E-state index in [0.29, 0.717) is 29.7 Å².